The van der Waals surface area contributed by atoms with E-state index in [1.54, 1.807) is 0 Å². The molecule has 5 heteroatoms. The smallest absolute Gasteiger partial charge is 0.158 e. The van der Waals surface area contributed by atoms with E-state index in [0.29, 0.717) is 12.2 Å². The zero-order valence-corrected chi connectivity index (χ0v) is 15.9. The number of carbonyl (C=O) groups excluding carboxylic acids is 1. The van der Waals surface area contributed by atoms with E-state index >= 15 is 0 Å². The number of nitrogens with one attached hydrogen (secondary N) is 3. The number of rotatable bonds is 1. The van der Waals surface area contributed by atoms with Gasteiger partial charge in [0.25, 0.3) is 0 Å². The minimum absolute atomic E-state index is 0. The number of carbonyl (C=O) groups is 1. The van der Waals surface area contributed by atoms with E-state index in [0.717, 1.165) is 36.2 Å². The molecule has 22 heavy (non-hydrogen) atoms. The van der Waals surface area contributed by atoms with E-state index in [2.05, 4.69) is 36.3 Å². The maximum atomic E-state index is 12.2. The Labute approximate surface area is 156 Å². The third-order valence-corrected chi connectivity index (χ3v) is 5.42. The van der Waals surface area contributed by atoms with Gasteiger partial charge in [0.2, 0.25) is 0 Å². The van der Waals surface area contributed by atoms with Crippen molar-refractivity contribution in [3.05, 3.63) is 35.3 Å². The first-order valence-electron chi connectivity index (χ1n) is 7.55. The van der Waals surface area contributed by atoms with Crippen molar-refractivity contribution in [2.45, 2.75) is 39.5 Å². The van der Waals surface area contributed by atoms with E-state index in [4.69, 9.17) is 0 Å². The van der Waals surface area contributed by atoms with E-state index in [1.807, 2.05) is 6.92 Å². The van der Waals surface area contributed by atoms with E-state index in [-0.39, 0.29) is 38.1 Å². The normalized spacial score (nSPS) is 25.0. The van der Waals surface area contributed by atoms with Gasteiger partial charge in [-0.25, -0.2) is 0 Å². The van der Waals surface area contributed by atoms with Crippen LogP contribution in [0.1, 0.15) is 42.9 Å². The summed E-state index contributed by atoms with van der Waals surface area (Å²) in [6.45, 7) is 8.30. The molecule has 1 aromatic rings. The third kappa shape index (κ3) is 1.97. The molecule has 0 spiro atoms. The van der Waals surface area contributed by atoms with Crippen LogP contribution in [0.2, 0.25) is 0 Å². The van der Waals surface area contributed by atoms with Gasteiger partial charge in [0.15, 0.2) is 5.78 Å². The Morgan fingerprint density at radius 1 is 1.27 bits per heavy atom. The molecule has 0 bridgehead atoms. The van der Waals surface area contributed by atoms with Gasteiger partial charge in [0.05, 0.1) is 11.4 Å². The minimum atomic E-state index is 0. The number of benzene rings is 1. The molecular formula is C17H20N3OY-. The van der Waals surface area contributed by atoms with Crippen LogP contribution in [0.3, 0.4) is 0 Å². The van der Waals surface area contributed by atoms with Gasteiger partial charge < -0.3 is 17.8 Å². The van der Waals surface area contributed by atoms with Crippen LogP contribution >= 0.6 is 0 Å². The first-order chi connectivity index (χ1) is 10.1. The van der Waals surface area contributed by atoms with Crippen LogP contribution in [0.5, 0.6) is 0 Å². The van der Waals surface area contributed by atoms with E-state index in [1.165, 1.54) is 22.3 Å². The molecule has 0 saturated carbocycles. The maximum absolute atomic E-state index is 12.2. The number of anilines is 2. The van der Waals surface area contributed by atoms with Crippen molar-refractivity contribution in [1.82, 2.24) is 5.53 Å². The Morgan fingerprint density at radius 3 is 2.73 bits per heavy atom. The van der Waals surface area contributed by atoms with Gasteiger partial charge in [-0.3, -0.25) is 4.79 Å². The molecule has 0 aromatic heterocycles. The van der Waals surface area contributed by atoms with Crippen LogP contribution in [0.4, 0.5) is 11.4 Å². The molecule has 1 aromatic carbocycles. The maximum Gasteiger partial charge on any atom is 0.158 e. The van der Waals surface area contributed by atoms with Crippen molar-refractivity contribution < 1.29 is 37.5 Å². The molecule has 1 radical (unpaired) electrons. The van der Waals surface area contributed by atoms with Crippen molar-refractivity contribution >= 4 is 22.7 Å². The summed E-state index contributed by atoms with van der Waals surface area (Å²) in [5, 5.41) is 0. The van der Waals surface area contributed by atoms with Gasteiger partial charge >= 0.3 is 0 Å². The predicted molar refractivity (Wildman–Crippen MR) is 84.5 cm³/mol. The Morgan fingerprint density at radius 2 is 2.00 bits per heavy atom. The molecule has 113 valence electrons. The second kappa shape index (κ2) is 5.43. The van der Waals surface area contributed by atoms with Crippen molar-refractivity contribution in [2.75, 3.05) is 10.9 Å². The second-order valence-corrected chi connectivity index (χ2v) is 6.47. The zero-order chi connectivity index (χ0) is 14.8. The van der Waals surface area contributed by atoms with E-state index < -0.39 is 0 Å². The number of hydrogen-bond donors (Lipinski definition) is 3. The van der Waals surface area contributed by atoms with Gasteiger partial charge in [0.1, 0.15) is 0 Å². The van der Waals surface area contributed by atoms with Crippen LogP contribution in [0.25, 0.3) is 5.57 Å². The average molecular weight is 371 g/mol. The molecule has 0 amide bonds. The molecule has 2 aliphatic carbocycles. The predicted octanol–water partition coefficient (Wildman–Crippen LogP) is 3.15. The molecule has 1 aliphatic heterocycles. The van der Waals surface area contributed by atoms with Crippen molar-refractivity contribution in [3.8, 4) is 0 Å². The van der Waals surface area contributed by atoms with Crippen molar-refractivity contribution in [1.29, 1.82) is 0 Å². The summed E-state index contributed by atoms with van der Waals surface area (Å²) in [4.78, 5) is 12.2. The average Bonchev–Trinajstić information content (AvgIpc) is 3.07. The van der Waals surface area contributed by atoms with Crippen LogP contribution in [0, 0.1) is 19.3 Å². The molecule has 4 nitrogen and oxygen atoms in total. The monoisotopic (exact) mass is 371 g/mol. The van der Waals surface area contributed by atoms with Gasteiger partial charge in [-0.2, -0.15) is 6.42 Å². The Hall–Kier alpha value is -0.706. The van der Waals surface area contributed by atoms with Crippen LogP contribution in [-0.2, 0) is 43.9 Å². The molecular weight excluding hydrogens is 351 g/mol. The molecule has 1 unspecified atom stereocenters. The van der Waals surface area contributed by atoms with Gasteiger partial charge in [0, 0.05) is 39.1 Å². The summed E-state index contributed by atoms with van der Waals surface area (Å²) >= 11 is 0. The number of hydrazine groups is 2. The van der Waals surface area contributed by atoms with Gasteiger partial charge in [-0.15, -0.1) is 5.53 Å². The summed E-state index contributed by atoms with van der Waals surface area (Å²) in [6.07, 6.45) is 3.40. The van der Waals surface area contributed by atoms with Crippen LogP contribution < -0.4 is 16.4 Å². The Balaban J connectivity index is 0.00000144. The first kappa shape index (κ1) is 16.2. The fraction of sp³-hybridized carbons (Fsp3) is 0.412. The van der Waals surface area contributed by atoms with Crippen molar-refractivity contribution in [3.63, 3.8) is 0 Å². The summed E-state index contributed by atoms with van der Waals surface area (Å²) in [7, 11) is 0. The zero-order valence-electron chi connectivity index (χ0n) is 13.1. The number of Topliss-reactive ketones (excluding diaryl/α,β-unsaturated/α-hetero) is 1. The molecule has 0 fully saturated rings. The van der Waals surface area contributed by atoms with Crippen LogP contribution in [0.15, 0.2) is 11.6 Å². The van der Waals surface area contributed by atoms with Gasteiger partial charge in [-0.1, -0.05) is 0 Å². The third-order valence-electron chi connectivity index (χ3n) is 5.42. The quantitative estimate of drug-likeness (QED) is 0.664. The first-order valence-corrected chi connectivity index (χ1v) is 7.55. The number of ketones is 1. The summed E-state index contributed by atoms with van der Waals surface area (Å²) in [6, 6.07) is 2.23. The fourth-order valence-electron chi connectivity index (χ4n) is 4.26. The second-order valence-electron chi connectivity index (χ2n) is 6.47. The molecule has 4 rings (SSSR count). The van der Waals surface area contributed by atoms with Crippen molar-refractivity contribution in [2.24, 2.45) is 5.41 Å². The number of hydrogen-bond acceptors (Lipinski definition) is 4. The standard InChI is InChI=1S/C17H20N3O.Y/c1-4-17-6-5-13(21)10(3)14(17)11-7-9(2)15-16(12(11)8-17)19-20-18-15;/h7,18-20H,1,4-6,8H2,2-3H3;/q-1;. The summed E-state index contributed by atoms with van der Waals surface area (Å²) < 4.78 is 0. The molecule has 1 heterocycles. The Bertz CT molecular complexity index is 710. The largest absolute Gasteiger partial charge is 0.342 e. The minimum Gasteiger partial charge on any atom is -0.342 e. The van der Waals surface area contributed by atoms with Crippen LogP contribution in [-0.4, -0.2) is 5.78 Å². The fourth-order valence-corrected chi connectivity index (χ4v) is 4.26. The molecule has 1 atom stereocenters. The SMILES string of the molecule is [CH2-]CC12CCC(=O)C(C)=C1c1cc(C)c3c(c1C2)NNN3.[Y]. The van der Waals surface area contributed by atoms with E-state index in [9.17, 15) is 4.79 Å². The summed E-state index contributed by atoms with van der Waals surface area (Å²) in [5.74, 6) is 0.296. The summed E-state index contributed by atoms with van der Waals surface area (Å²) in [5.41, 5.74) is 17.7. The molecule has 3 N–H and O–H groups in total. The number of aryl methyl sites for hydroxylation is 1. The number of allylic oxidation sites excluding steroid dienone is 2. The van der Waals surface area contributed by atoms with Gasteiger partial charge in [-0.05, 0) is 66.0 Å². The molecule has 0 saturated heterocycles. The Kier molecular flexibility index (Phi) is 3.99. The molecule has 3 aliphatic rings. The topological polar surface area (TPSA) is 53.2 Å². The number of fused-ring (bicyclic) bond motifs is 5.